The molecule has 0 unspecified atom stereocenters. The SMILES string of the molecule is O=C(N[C@@H]1CCS(=O)(=O)C1)N1CC1. The number of hydrogen-bond acceptors (Lipinski definition) is 3. The van der Waals surface area contributed by atoms with Crippen LogP contribution in [-0.2, 0) is 9.84 Å². The molecule has 13 heavy (non-hydrogen) atoms. The standard InChI is InChI=1S/C7H12N2O3S/c10-7(9-2-3-9)8-6-1-4-13(11,12)5-6/h6H,1-5H2,(H,8,10)/t6-/m1/s1. The van der Waals surface area contributed by atoms with Crippen molar-refractivity contribution in [3.63, 3.8) is 0 Å². The van der Waals surface area contributed by atoms with Crippen molar-refractivity contribution in [2.75, 3.05) is 24.6 Å². The summed E-state index contributed by atoms with van der Waals surface area (Å²) in [5.41, 5.74) is 0. The third-order valence-electron chi connectivity index (χ3n) is 2.29. The van der Waals surface area contributed by atoms with Gasteiger partial charge in [-0.3, -0.25) is 0 Å². The Balaban J connectivity index is 1.86. The number of carbonyl (C=O) groups excluding carboxylic acids is 1. The van der Waals surface area contributed by atoms with Crippen molar-refractivity contribution >= 4 is 15.9 Å². The number of nitrogens with zero attached hydrogens (tertiary/aromatic N) is 1. The zero-order valence-electron chi connectivity index (χ0n) is 7.19. The molecule has 2 saturated heterocycles. The van der Waals surface area contributed by atoms with Gasteiger partial charge in [-0.2, -0.15) is 0 Å². The maximum atomic E-state index is 11.2. The average molecular weight is 204 g/mol. The van der Waals surface area contributed by atoms with Crippen LogP contribution >= 0.6 is 0 Å². The fourth-order valence-electron chi connectivity index (χ4n) is 1.43. The van der Waals surface area contributed by atoms with Gasteiger partial charge in [0.05, 0.1) is 11.5 Å². The fourth-order valence-corrected chi connectivity index (χ4v) is 3.10. The molecular formula is C7H12N2O3S. The lowest BCUT2D eigenvalue weighted by Gasteiger charge is -2.10. The summed E-state index contributed by atoms with van der Waals surface area (Å²) in [6.07, 6.45) is 0.557. The molecule has 2 heterocycles. The second kappa shape index (κ2) is 2.87. The summed E-state index contributed by atoms with van der Waals surface area (Å²) in [4.78, 5) is 12.8. The molecule has 74 valence electrons. The number of rotatable bonds is 1. The van der Waals surface area contributed by atoms with Gasteiger partial charge >= 0.3 is 6.03 Å². The van der Waals surface area contributed by atoms with Gasteiger partial charge < -0.3 is 10.2 Å². The lowest BCUT2D eigenvalue weighted by atomic mass is 10.3. The van der Waals surface area contributed by atoms with Crippen LogP contribution in [0, 0.1) is 0 Å². The van der Waals surface area contributed by atoms with Crippen molar-refractivity contribution < 1.29 is 13.2 Å². The van der Waals surface area contributed by atoms with Crippen LogP contribution in [0.25, 0.3) is 0 Å². The number of nitrogens with one attached hydrogen (secondary N) is 1. The van der Waals surface area contributed by atoms with Crippen molar-refractivity contribution in [3.05, 3.63) is 0 Å². The summed E-state index contributed by atoms with van der Waals surface area (Å²) in [7, 11) is -2.88. The molecule has 6 heteroatoms. The second-order valence-electron chi connectivity index (χ2n) is 3.54. The van der Waals surface area contributed by atoms with Gasteiger partial charge in [0, 0.05) is 19.1 Å². The molecule has 2 rings (SSSR count). The predicted molar refractivity (Wildman–Crippen MR) is 47.2 cm³/mol. The van der Waals surface area contributed by atoms with Crippen molar-refractivity contribution in [2.24, 2.45) is 0 Å². The molecule has 1 atom stereocenters. The molecule has 2 amide bonds. The Morgan fingerprint density at radius 1 is 1.38 bits per heavy atom. The average Bonchev–Trinajstić information content (AvgIpc) is 2.78. The first-order chi connectivity index (χ1) is 6.07. The van der Waals surface area contributed by atoms with Crippen LogP contribution in [0.5, 0.6) is 0 Å². The minimum absolute atomic E-state index is 0.104. The van der Waals surface area contributed by atoms with Gasteiger partial charge in [-0.05, 0) is 6.42 Å². The molecule has 0 bridgehead atoms. The summed E-state index contributed by atoms with van der Waals surface area (Å²) in [5, 5.41) is 2.70. The molecule has 1 N–H and O–H groups in total. The van der Waals surface area contributed by atoms with E-state index >= 15 is 0 Å². The highest BCUT2D eigenvalue weighted by molar-refractivity contribution is 7.91. The predicted octanol–water partition coefficient (Wildman–Crippen LogP) is -0.801. The Bertz CT molecular complexity index is 321. The molecule has 5 nitrogen and oxygen atoms in total. The number of hydrogen-bond donors (Lipinski definition) is 1. The maximum Gasteiger partial charge on any atom is 0.317 e. The molecule has 2 aliphatic heterocycles. The van der Waals surface area contributed by atoms with E-state index in [2.05, 4.69) is 5.32 Å². The smallest absolute Gasteiger partial charge is 0.317 e. The maximum absolute atomic E-state index is 11.2. The highest BCUT2D eigenvalue weighted by Crippen LogP contribution is 2.12. The minimum atomic E-state index is -2.88. The largest absolute Gasteiger partial charge is 0.334 e. The molecule has 0 radical (unpaired) electrons. The van der Waals surface area contributed by atoms with Gasteiger partial charge in [0.2, 0.25) is 0 Å². The van der Waals surface area contributed by atoms with E-state index in [1.54, 1.807) is 4.90 Å². The molecule has 2 fully saturated rings. The molecule has 0 aliphatic carbocycles. The Morgan fingerprint density at radius 2 is 2.08 bits per heavy atom. The van der Waals surface area contributed by atoms with E-state index in [0.29, 0.717) is 6.42 Å². The summed E-state index contributed by atoms with van der Waals surface area (Å²) < 4.78 is 22.1. The van der Waals surface area contributed by atoms with Crippen LogP contribution in [-0.4, -0.2) is 50.0 Å². The molecular weight excluding hydrogens is 192 g/mol. The molecule has 0 saturated carbocycles. The van der Waals surface area contributed by atoms with Crippen molar-refractivity contribution in [2.45, 2.75) is 12.5 Å². The summed E-state index contributed by atoms with van der Waals surface area (Å²) >= 11 is 0. The summed E-state index contributed by atoms with van der Waals surface area (Å²) in [6.45, 7) is 1.59. The van der Waals surface area contributed by atoms with Crippen LogP contribution in [0.1, 0.15) is 6.42 Å². The molecule has 0 aromatic heterocycles. The lowest BCUT2D eigenvalue weighted by Crippen LogP contribution is -2.38. The van der Waals surface area contributed by atoms with E-state index in [0.717, 1.165) is 13.1 Å². The van der Waals surface area contributed by atoms with Crippen LogP contribution in [0.2, 0.25) is 0 Å². The van der Waals surface area contributed by atoms with Crippen LogP contribution < -0.4 is 5.32 Å². The lowest BCUT2D eigenvalue weighted by molar-refractivity contribution is 0.226. The van der Waals surface area contributed by atoms with E-state index in [4.69, 9.17) is 0 Å². The highest BCUT2D eigenvalue weighted by atomic mass is 32.2. The summed E-state index contributed by atoms with van der Waals surface area (Å²) in [6, 6.07) is -0.291. The van der Waals surface area contributed by atoms with Gasteiger partial charge in [-0.1, -0.05) is 0 Å². The quantitative estimate of drug-likeness (QED) is 0.569. The van der Waals surface area contributed by atoms with Crippen molar-refractivity contribution in [1.29, 1.82) is 0 Å². The highest BCUT2D eigenvalue weighted by Gasteiger charge is 2.32. The number of sulfone groups is 1. The Morgan fingerprint density at radius 3 is 2.54 bits per heavy atom. The topological polar surface area (TPSA) is 66.2 Å². The molecule has 0 aromatic rings. The van der Waals surface area contributed by atoms with Gasteiger partial charge in [0.15, 0.2) is 9.84 Å². The first kappa shape index (κ1) is 8.80. The van der Waals surface area contributed by atoms with E-state index in [-0.39, 0.29) is 23.6 Å². The molecule has 0 aromatic carbocycles. The van der Waals surface area contributed by atoms with Gasteiger partial charge in [-0.25, -0.2) is 13.2 Å². The third-order valence-corrected chi connectivity index (χ3v) is 4.06. The number of amides is 2. The van der Waals surface area contributed by atoms with Crippen molar-refractivity contribution in [3.8, 4) is 0 Å². The zero-order chi connectivity index (χ0) is 9.47. The van der Waals surface area contributed by atoms with E-state index < -0.39 is 9.84 Å². The summed E-state index contributed by atoms with van der Waals surface area (Å²) in [5.74, 6) is 0.310. The number of urea groups is 1. The normalized spacial score (nSPS) is 30.2. The first-order valence-electron chi connectivity index (χ1n) is 4.33. The van der Waals surface area contributed by atoms with E-state index in [1.807, 2.05) is 0 Å². The van der Waals surface area contributed by atoms with Crippen LogP contribution in [0.4, 0.5) is 4.79 Å². The first-order valence-corrected chi connectivity index (χ1v) is 6.15. The third kappa shape index (κ3) is 2.12. The van der Waals surface area contributed by atoms with E-state index in [9.17, 15) is 13.2 Å². The van der Waals surface area contributed by atoms with Gasteiger partial charge in [0.25, 0.3) is 0 Å². The Kier molecular flexibility index (Phi) is 1.94. The second-order valence-corrected chi connectivity index (χ2v) is 5.77. The molecule has 2 aliphatic rings. The fraction of sp³-hybridized carbons (Fsp3) is 0.857. The molecule has 0 spiro atoms. The van der Waals surface area contributed by atoms with E-state index in [1.165, 1.54) is 0 Å². The van der Waals surface area contributed by atoms with Crippen LogP contribution in [0.3, 0.4) is 0 Å². The van der Waals surface area contributed by atoms with Crippen molar-refractivity contribution in [1.82, 2.24) is 10.2 Å². The monoisotopic (exact) mass is 204 g/mol. The minimum Gasteiger partial charge on any atom is -0.334 e. The van der Waals surface area contributed by atoms with Crippen LogP contribution in [0.15, 0.2) is 0 Å². The Hall–Kier alpha value is -0.780. The zero-order valence-corrected chi connectivity index (χ0v) is 8.01. The Labute approximate surface area is 77.0 Å². The van der Waals surface area contributed by atoms with Gasteiger partial charge in [0.1, 0.15) is 0 Å². The van der Waals surface area contributed by atoms with Gasteiger partial charge in [-0.15, -0.1) is 0 Å². The number of carbonyl (C=O) groups is 1.